The van der Waals surface area contributed by atoms with Crippen LogP contribution in [0.1, 0.15) is 45.7 Å². The Bertz CT molecular complexity index is 1100. The van der Waals surface area contributed by atoms with Crippen molar-refractivity contribution < 1.29 is 32.2 Å². The maximum Gasteiger partial charge on any atom is 0.417 e. The van der Waals surface area contributed by atoms with Crippen LogP contribution in [0, 0.1) is 5.41 Å². The Morgan fingerprint density at radius 3 is 2.53 bits per heavy atom. The second-order valence-corrected chi connectivity index (χ2v) is 10.1. The lowest BCUT2D eigenvalue weighted by Crippen LogP contribution is -2.58. The van der Waals surface area contributed by atoms with Gasteiger partial charge in [-0.05, 0) is 51.0 Å². The second kappa shape index (κ2) is 7.64. The van der Waals surface area contributed by atoms with Gasteiger partial charge in [0.2, 0.25) is 0 Å². The number of alkyl halides is 3. The smallest absolute Gasteiger partial charge is 0.417 e. The van der Waals surface area contributed by atoms with Crippen molar-refractivity contribution in [1.29, 1.82) is 0 Å². The summed E-state index contributed by atoms with van der Waals surface area (Å²) in [6.45, 7) is 12.9. The molecule has 11 heteroatoms. The zero-order valence-electron chi connectivity index (χ0n) is 19.7. The maximum absolute atomic E-state index is 14.1. The summed E-state index contributed by atoms with van der Waals surface area (Å²) < 4.78 is 53.1. The molecule has 34 heavy (non-hydrogen) atoms. The van der Waals surface area contributed by atoms with Gasteiger partial charge in [-0.2, -0.15) is 18.3 Å². The first-order valence-corrected chi connectivity index (χ1v) is 10.8. The van der Waals surface area contributed by atoms with E-state index in [0.29, 0.717) is 11.5 Å². The minimum absolute atomic E-state index is 0.0125. The summed E-state index contributed by atoms with van der Waals surface area (Å²) in [5, 5.41) is 3.98. The maximum atomic E-state index is 14.1. The molecule has 1 aromatic carbocycles. The van der Waals surface area contributed by atoms with Crippen LogP contribution < -0.4 is 15.1 Å². The largest absolute Gasteiger partial charge is 0.483 e. The molecule has 8 nitrogen and oxygen atoms in total. The molecule has 0 saturated carbocycles. The number of carbonyl (C=O) groups is 2. The van der Waals surface area contributed by atoms with Gasteiger partial charge in [0.25, 0.3) is 5.91 Å². The van der Waals surface area contributed by atoms with Gasteiger partial charge in [0.1, 0.15) is 24.0 Å². The summed E-state index contributed by atoms with van der Waals surface area (Å²) in [4.78, 5) is 27.5. The molecule has 0 bridgehead atoms. The number of amidine groups is 1. The molecule has 0 radical (unpaired) electrons. The Kier molecular flexibility index (Phi) is 5.37. The van der Waals surface area contributed by atoms with Gasteiger partial charge in [0.05, 0.1) is 11.3 Å². The number of hydrogen-bond donors (Lipinski definition) is 1. The molecule has 1 atom stereocenters. The number of amides is 2. The number of benzene rings is 1. The average Bonchev–Trinajstić information content (AvgIpc) is 2.70. The van der Waals surface area contributed by atoms with Gasteiger partial charge >= 0.3 is 12.3 Å². The number of nitrogens with one attached hydrogen (secondary N) is 1. The van der Waals surface area contributed by atoms with Crippen LogP contribution in [-0.2, 0) is 15.7 Å². The van der Waals surface area contributed by atoms with Crippen molar-refractivity contribution in [3.05, 3.63) is 29.8 Å². The lowest BCUT2D eigenvalue weighted by atomic mass is 9.72. The number of hydrazone groups is 1. The van der Waals surface area contributed by atoms with Crippen LogP contribution in [0.5, 0.6) is 5.75 Å². The predicted octanol–water partition coefficient (Wildman–Crippen LogP) is 4.01. The van der Waals surface area contributed by atoms with Crippen molar-refractivity contribution in [3.63, 3.8) is 0 Å². The van der Waals surface area contributed by atoms with Crippen LogP contribution >= 0.6 is 0 Å². The number of hydrogen-bond acceptors (Lipinski definition) is 6. The Morgan fingerprint density at radius 1 is 1.29 bits per heavy atom. The summed E-state index contributed by atoms with van der Waals surface area (Å²) in [5.41, 5.74) is 0.467. The second-order valence-electron chi connectivity index (χ2n) is 10.1. The van der Waals surface area contributed by atoms with Gasteiger partial charge in [0, 0.05) is 18.5 Å². The van der Waals surface area contributed by atoms with Crippen molar-refractivity contribution in [2.75, 3.05) is 24.6 Å². The molecule has 2 amide bonds. The molecule has 3 aliphatic heterocycles. The number of likely N-dealkylation sites (tertiary alicyclic amines) is 1. The lowest BCUT2D eigenvalue weighted by Gasteiger charge is -2.49. The summed E-state index contributed by atoms with van der Waals surface area (Å²) in [6.07, 6.45) is -5.19. The lowest BCUT2D eigenvalue weighted by molar-refractivity contribution is -0.138. The third kappa shape index (κ3) is 4.07. The number of nitrogens with zero attached hydrogens (tertiary/aromatic N) is 3. The van der Waals surface area contributed by atoms with E-state index in [2.05, 4.69) is 17.1 Å². The first-order valence-electron chi connectivity index (χ1n) is 10.8. The molecule has 1 N–H and O–H groups in total. The Hall–Kier alpha value is -3.24. The summed E-state index contributed by atoms with van der Waals surface area (Å²) >= 11 is 0. The topological polar surface area (TPSA) is 83.5 Å². The van der Waals surface area contributed by atoms with Crippen LogP contribution in [0.15, 0.2) is 23.8 Å². The summed E-state index contributed by atoms with van der Waals surface area (Å²) in [6, 6.07) is 1.61. The molecule has 3 heterocycles. The molecule has 1 saturated heterocycles. The molecule has 0 aromatic heterocycles. The summed E-state index contributed by atoms with van der Waals surface area (Å²) in [7, 11) is 0. The van der Waals surface area contributed by atoms with E-state index < -0.39 is 34.9 Å². The van der Waals surface area contributed by atoms with Gasteiger partial charge in [-0.3, -0.25) is 4.79 Å². The minimum Gasteiger partial charge on any atom is -0.483 e. The molecule has 184 valence electrons. The Morgan fingerprint density at radius 2 is 1.94 bits per heavy atom. The predicted molar refractivity (Wildman–Crippen MR) is 119 cm³/mol. The van der Waals surface area contributed by atoms with Crippen molar-refractivity contribution in [2.24, 2.45) is 10.5 Å². The van der Waals surface area contributed by atoms with E-state index in [1.807, 2.05) is 0 Å². The van der Waals surface area contributed by atoms with Gasteiger partial charge in [-0.15, -0.1) is 0 Å². The molecule has 0 aliphatic carbocycles. The van der Waals surface area contributed by atoms with Crippen LogP contribution in [0.2, 0.25) is 0 Å². The van der Waals surface area contributed by atoms with Gasteiger partial charge in [0.15, 0.2) is 5.84 Å². The van der Waals surface area contributed by atoms with E-state index in [9.17, 15) is 22.8 Å². The van der Waals surface area contributed by atoms with Gasteiger partial charge < -0.3 is 19.3 Å². The SMILES string of the molecule is C=C(c1cc2c(cc1C(F)(F)F)OCC1=NNC(=O)[C@@H](C)N12)C1(C)CN(C(=O)OC(C)(C)C)C1. The molecular formula is C23H27F3N4O4. The van der Waals surface area contributed by atoms with Crippen molar-refractivity contribution in [1.82, 2.24) is 10.3 Å². The fourth-order valence-corrected chi connectivity index (χ4v) is 4.32. The van der Waals surface area contributed by atoms with Gasteiger partial charge in [-0.25, -0.2) is 10.2 Å². The third-order valence-corrected chi connectivity index (χ3v) is 6.15. The third-order valence-electron chi connectivity index (χ3n) is 6.15. The monoisotopic (exact) mass is 480 g/mol. The zero-order chi connectivity index (χ0) is 25.2. The van der Waals surface area contributed by atoms with E-state index in [1.54, 1.807) is 39.5 Å². The molecule has 4 rings (SSSR count). The van der Waals surface area contributed by atoms with E-state index in [-0.39, 0.29) is 42.5 Å². The van der Waals surface area contributed by atoms with Crippen LogP contribution in [0.4, 0.5) is 23.7 Å². The highest BCUT2D eigenvalue weighted by Gasteiger charge is 2.48. The van der Waals surface area contributed by atoms with Gasteiger partial charge in [-0.1, -0.05) is 13.5 Å². The number of rotatable bonds is 2. The van der Waals surface area contributed by atoms with Crippen LogP contribution in [0.25, 0.3) is 5.57 Å². The number of ether oxygens (including phenoxy) is 2. The number of anilines is 1. The highest BCUT2D eigenvalue weighted by atomic mass is 19.4. The molecule has 0 unspecified atom stereocenters. The van der Waals surface area contributed by atoms with Crippen LogP contribution in [-0.4, -0.2) is 54.1 Å². The van der Waals surface area contributed by atoms with Crippen molar-refractivity contribution >= 4 is 29.1 Å². The van der Waals surface area contributed by atoms with E-state index >= 15 is 0 Å². The molecule has 3 aliphatic rings. The van der Waals surface area contributed by atoms with Crippen molar-refractivity contribution in [3.8, 4) is 5.75 Å². The van der Waals surface area contributed by atoms with Crippen LogP contribution in [0.3, 0.4) is 0 Å². The molecule has 1 aromatic rings. The van der Waals surface area contributed by atoms with E-state index in [4.69, 9.17) is 9.47 Å². The van der Waals surface area contributed by atoms with Crippen molar-refractivity contribution in [2.45, 2.75) is 52.4 Å². The summed E-state index contributed by atoms with van der Waals surface area (Å²) in [5.74, 6) is 0.0243. The quantitative estimate of drug-likeness (QED) is 0.692. The number of halogens is 3. The first-order chi connectivity index (χ1) is 15.6. The molecule has 1 fully saturated rings. The standard InChI is InChI=1S/C23H27F3N4O4/c1-12(22(6)10-29(11-22)20(32)34-21(3,4)5)14-7-16-17(8-15(14)23(24,25)26)33-9-18-27-28-19(31)13(2)30(16)18/h7-8,13H,1,9-11H2,2-6H3,(H,28,31)/t13-/m1/s1. The zero-order valence-corrected chi connectivity index (χ0v) is 19.7. The number of fused-ring (bicyclic) bond motifs is 3. The van der Waals surface area contributed by atoms with E-state index in [0.717, 1.165) is 6.07 Å². The minimum atomic E-state index is -4.67. The Balaban J connectivity index is 1.70. The average molecular weight is 480 g/mol. The highest BCUT2D eigenvalue weighted by molar-refractivity contribution is 6.09. The first kappa shape index (κ1) is 23.9. The highest BCUT2D eigenvalue weighted by Crippen LogP contribution is 2.49. The normalized spacial score (nSPS) is 21.4. The number of carbonyl (C=O) groups excluding carboxylic acids is 2. The fraction of sp³-hybridized carbons (Fsp3) is 0.522. The molecular weight excluding hydrogens is 453 g/mol. The van der Waals surface area contributed by atoms with E-state index in [1.165, 1.54) is 11.0 Å². The molecule has 0 spiro atoms. The Labute approximate surface area is 195 Å². The fourth-order valence-electron chi connectivity index (χ4n) is 4.32.